The molecule has 0 aliphatic rings. The molecule has 0 aliphatic carbocycles. The van der Waals surface area contributed by atoms with Crippen molar-refractivity contribution in [3.05, 3.63) is 53.5 Å². The van der Waals surface area contributed by atoms with Gasteiger partial charge in [0.25, 0.3) is 5.91 Å². The van der Waals surface area contributed by atoms with Crippen molar-refractivity contribution in [3.8, 4) is 0 Å². The van der Waals surface area contributed by atoms with Crippen molar-refractivity contribution < 1.29 is 13.9 Å². The summed E-state index contributed by atoms with van der Waals surface area (Å²) in [5.74, 6) is -0.126. The minimum atomic E-state index is -0.315. The van der Waals surface area contributed by atoms with Crippen molar-refractivity contribution in [3.63, 3.8) is 0 Å². The summed E-state index contributed by atoms with van der Waals surface area (Å²) >= 11 is 0. The Hall–Kier alpha value is -2.54. The molecule has 2 rings (SSSR count). The smallest absolute Gasteiger partial charge is 0.271 e. The van der Waals surface area contributed by atoms with E-state index in [1.54, 1.807) is 37.4 Å². The Kier molecular flexibility index (Phi) is 5.79. The molecule has 0 bridgehead atoms. The first-order valence-electron chi connectivity index (χ1n) is 6.79. The zero-order valence-electron chi connectivity index (χ0n) is 12.2. The quantitative estimate of drug-likeness (QED) is 0.760. The molecule has 0 saturated carbocycles. The van der Waals surface area contributed by atoms with E-state index in [9.17, 15) is 9.18 Å². The molecular weight excluding hydrogens is 287 g/mol. The zero-order chi connectivity index (χ0) is 15.8. The normalized spacial score (nSPS) is 10.3. The van der Waals surface area contributed by atoms with Crippen LogP contribution in [0, 0.1) is 5.82 Å². The topological polar surface area (TPSA) is 76.1 Å². The number of aromatic nitrogens is 2. The van der Waals surface area contributed by atoms with Crippen molar-refractivity contribution in [1.29, 1.82) is 0 Å². The zero-order valence-corrected chi connectivity index (χ0v) is 12.2. The van der Waals surface area contributed by atoms with Crippen LogP contribution in [0.2, 0.25) is 0 Å². The molecule has 7 heteroatoms. The summed E-state index contributed by atoms with van der Waals surface area (Å²) in [6, 6.07) is 9.66. The molecule has 1 aromatic carbocycles. The standard InChI is InChI=1S/C15H17FN4O2/c1-22-9-8-17-15(21)13-6-7-14(20-19-13)18-10-11-4-2-3-5-12(11)16/h2-7H,8-10H2,1H3,(H,17,21)(H,18,20). The lowest BCUT2D eigenvalue weighted by Gasteiger charge is -2.07. The number of nitrogens with zero attached hydrogens (tertiary/aromatic N) is 2. The van der Waals surface area contributed by atoms with Crippen LogP contribution in [-0.4, -0.2) is 36.4 Å². The fraction of sp³-hybridized carbons (Fsp3) is 0.267. The SMILES string of the molecule is COCCNC(=O)c1ccc(NCc2ccccc2F)nn1. The third-order valence-corrected chi connectivity index (χ3v) is 2.91. The van der Waals surface area contributed by atoms with Gasteiger partial charge in [0.05, 0.1) is 6.61 Å². The van der Waals surface area contributed by atoms with E-state index in [-0.39, 0.29) is 17.4 Å². The summed E-state index contributed by atoms with van der Waals surface area (Å²) in [6.45, 7) is 1.13. The highest BCUT2D eigenvalue weighted by Gasteiger charge is 2.07. The molecule has 0 atom stereocenters. The molecule has 0 spiro atoms. The number of hydrogen-bond donors (Lipinski definition) is 2. The molecule has 0 aliphatic heterocycles. The Balaban J connectivity index is 1.89. The Labute approximate surface area is 127 Å². The van der Waals surface area contributed by atoms with E-state index in [0.29, 0.717) is 31.1 Å². The molecule has 0 unspecified atom stereocenters. The number of benzene rings is 1. The average Bonchev–Trinajstić information content (AvgIpc) is 2.55. The average molecular weight is 304 g/mol. The highest BCUT2D eigenvalue weighted by molar-refractivity contribution is 5.92. The minimum Gasteiger partial charge on any atom is -0.383 e. The summed E-state index contributed by atoms with van der Waals surface area (Å²) in [4.78, 5) is 11.7. The first-order valence-corrected chi connectivity index (χ1v) is 6.79. The van der Waals surface area contributed by atoms with Crippen LogP contribution in [0.5, 0.6) is 0 Å². The number of amides is 1. The van der Waals surface area contributed by atoms with Crippen molar-refractivity contribution >= 4 is 11.7 Å². The van der Waals surface area contributed by atoms with E-state index in [2.05, 4.69) is 20.8 Å². The van der Waals surface area contributed by atoms with Gasteiger partial charge in [0.2, 0.25) is 0 Å². The fourth-order valence-corrected chi connectivity index (χ4v) is 1.73. The van der Waals surface area contributed by atoms with Gasteiger partial charge in [-0.3, -0.25) is 4.79 Å². The Morgan fingerprint density at radius 1 is 1.23 bits per heavy atom. The van der Waals surface area contributed by atoms with E-state index < -0.39 is 0 Å². The van der Waals surface area contributed by atoms with Crippen LogP contribution in [0.4, 0.5) is 10.2 Å². The number of carbonyl (C=O) groups excluding carboxylic acids is 1. The number of anilines is 1. The van der Waals surface area contributed by atoms with Gasteiger partial charge < -0.3 is 15.4 Å². The summed E-state index contributed by atoms with van der Waals surface area (Å²) in [5, 5.41) is 13.3. The summed E-state index contributed by atoms with van der Waals surface area (Å²) in [7, 11) is 1.56. The minimum absolute atomic E-state index is 0.215. The predicted molar refractivity (Wildman–Crippen MR) is 80.0 cm³/mol. The van der Waals surface area contributed by atoms with Crippen molar-refractivity contribution in [2.45, 2.75) is 6.54 Å². The van der Waals surface area contributed by atoms with E-state index >= 15 is 0 Å². The molecule has 116 valence electrons. The second-order valence-corrected chi connectivity index (χ2v) is 4.50. The first kappa shape index (κ1) is 15.8. The van der Waals surface area contributed by atoms with Crippen molar-refractivity contribution in [2.24, 2.45) is 0 Å². The Morgan fingerprint density at radius 2 is 2.05 bits per heavy atom. The summed E-state index contributed by atoms with van der Waals surface area (Å²) < 4.78 is 18.3. The molecule has 6 nitrogen and oxygen atoms in total. The largest absolute Gasteiger partial charge is 0.383 e. The van der Waals surface area contributed by atoms with Crippen LogP contribution in [0.1, 0.15) is 16.1 Å². The van der Waals surface area contributed by atoms with Crippen LogP contribution in [0.3, 0.4) is 0 Å². The van der Waals surface area contributed by atoms with Gasteiger partial charge in [-0.1, -0.05) is 18.2 Å². The third-order valence-electron chi connectivity index (χ3n) is 2.91. The molecule has 2 N–H and O–H groups in total. The van der Waals surface area contributed by atoms with Gasteiger partial charge in [-0.05, 0) is 18.2 Å². The van der Waals surface area contributed by atoms with Crippen LogP contribution in [0.15, 0.2) is 36.4 Å². The number of hydrogen-bond acceptors (Lipinski definition) is 5. The number of nitrogens with one attached hydrogen (secondary N) is 2. The predicted octanol–water partition coefficient (Wildman–Crippen LogP) is 1.60. The van der Waals surface area contributed by atoms with Gasteiger partial charge in [-0.15, -0.1) is 10.2 Å². The number of halogens is 1. The number of methoxy groups -OCH3 is 1. The second-order valence-electron chi connectivity index (χ2n) is 4.50. The highest BCUT2D eigenvalue weighted by atomic mass is 19.1. The van der Waals surface area contributed by atoms with Gasteiger partial charge in [-0.25, -0.2) is 4.39 Å². The molecule has 1 amide bonds. The monoisotopic (exact) mass is 304 g/mol. The van der Waals surface area contributed by atoms with Gasteiger partial charge in [0.1, 0.15) is 11.6 Å². The van der Waals surface area contributed by atoms with Crippen molar-refractivity contribution in [1.82, 2.24) is 15.5 Å². The summed E-state index contributed by atoms with van der Waals surface area (Å²) in [6.07, 6.45) is 0. The Morgan fingerprint density at radius 3 is 2.73 bits per heavy atom. The molecule has 0 saturated heterocycles. The molecule has 0 radical (unpaired) electrons. The lowest BCUT2D eigenvalue weighted by atomic mass is 10.2. The second kappa shape index (κ2) is 8.04. The highest BCUT2D eigenvalue weighted by Crippen LogP contribution is 2.09. The van der Waals surface area contributed by atoms with Crippen LogP contribution in [-0.2, 0) is 11.3 Å². The lowest BCUT2D eigenvalue weighted by molar-refractivity contribution is 0.0931. The van der Waals surface area contributed by atoms with Crippen LogP contribution < -0.4 is 10.6 Å². The molecule has 2 aromatic rings. The molecule has 22 heavy (non-hydrogen) atoms. The van der Waals surface area contributed by atoms with Gasteiger partial charge in [-0.2, -0.15) is 0 Å². The molecule has 1 heterocycles. The first-order chi connectivity index (χ1) is 10.7. The molecular formula is C15H17FN4O2. The van der Waals surface area contributed by atoms with Gasteiger partial charge in [0.15, 0.2) is 5.69 Å². The van der Waals surface area contributed by atoms with E-state index in [1.807, 2.05) is 0 Å². The van der Waals surface area contributed by atoms with E-state index in [4.69, 9.17) is 4.74 Å². The maximum Gasteiger partial charge on any atom is 0.271 e. The summed E-state index contributed by atoms with van der Waals surface area (Å²) in [5.41, 5.74) is 0.748. The lowest BCUT2D eigenvalue weighted by Crippen LogP contribution is -2.27. The molecule has 0 fully saturated rings. The molecule has 1 aromatic heterocycles. The third kappa shape index (κ3) is 4.49. The fourth-order valence-electron chi connectivity index (χ4n) is 1.73. The van der Waals surface area contributed by atoms with Gasteiger partial charge >= 0.3 is 0 Å². The maximum absolute atomic E-state index is 13.5. The van der Waals surface area contributed by atoms with E-state index in [0.717, 1.165) is 0 Å². The maximum atomic E-state index is 13.5. The van der Waals surface area contributed by atoms with Crippen molar-refractivity contribution in [2.75, 3.05) is 25.6 Å². The van der Waals surface area contributed by atoms with Gasteiger partial charge in [0, 0.05) is 25.8 Å². The van der Waals surface area contributed by atoms with Crippen LogP contribution >= 0.6 is 0 Å². The van der Waals surface area contributed by atoms with E-state index in [1.165, 1.54) is 6.07 Å². The number of ether oxygens (including phenoxy) is 1. The Bertz CT molecular complexity index is 619. The number of carbonyl (C=O) groups is 1. The number of rotatable bonds is 7. The van der Waals surface area contributed by atoms with Crippen LogP contribution in [0.25, 0.3) is 0 Å².